The summed E-state index contributed by atoms with van der Waals surface area (Å²) >= 11 is 0. The van der Waals surface area contributed by atoms with Crippen molar-refractivity contribution in [1.82, 2.24) is 10.6 Å². The van der Waals surface area contributed by atoms with Crippen LogP contribution in [0.15, 0.2) is 18.2 Å². The van der Waals surface area contributed by atoms with Crippen LogP contribution in [0.3, 0.4) is 0 Å². The first-order chi connectivity index (χ1) is 10.1. The number of carbonyl (C=O) groups is 2. The van der Waals surface area contributed by atoms with E-state index in [4.69, 9.17) is 5.11 Å². The highest BCUT2D eigenvalue weighted by Crippen LogP contribution is 2.12. The Labute approximate surface area is 123 Å². The molecule has 1 fully saturated rings. The zero-order chi connectivity index (χ0) is 15.2. The average Bonchev–Trinajstić information content (AvgIpc) is 2.86. The number of aliphatic hydroxyl groups excluding tert-OH is 1. The van der Waals surface area contributed by atoms with Crippen LogP contribution in [-0.2, 0) is 4.79 Å². The molecular formula is C16H18N2O3. The van der Waals surface area contributed by atoms with Crippen LogP contribution >= 0.6 is 0 Å². The van der Waals surface area contributed by atoms with Gasteiger partial charge < -0.3 is 15.7 Å². The molecular weight excluding hydrogens is 268 g/mol. The molecule has 0 aromatic heterocycles. The molecule has 0 saturated carbocycles. The summed E-state index contributed by atoms with van der Waals surface area (Å²) < 4.78 is 0. The van der Waals surface area contributed by atoms with Gasteiger partial charge in [-0.25, -0.2) is 0 Å². The Bertz CT molecular complexity index is 614. The molecule has 5 nitrogen and oxygen atoms in total. The molecule has 1 aliphatic rings. The lowest BCUT2D eigenvalue weighted by atomic mass is 10.0. The predicted molar refractivity (Wildman–Crippen MR) is 78.6 cm³/mol. The number of hydrogen-bond acceptors (Lipinski definition) is 3. The van der Waals surface area contributed by atoms with E-state index in [0.717, 1.165) is 11.1 Å². The molecule has 0 radical (unpaired) electrons. The molecule has 110 valence electrons. The molecule has 1 heterocycles. The number of rotatable bonds is 3. The monoisotopic (exact) mass is 286 g/mol. The first-order valence-electron chi connectivity index (χ1n) is 6.88. The minimum absolute atomic E-state index is 0.0227. The smallest absolute Gasteiger partial charge is 0.251 e. The molecule has 2 amide bonds. The van der Waals surface area contributed by atoms with Crippen molar-refractivity contribution >= 4 is 11.8 Å². The van der Waals surface area contributed by atoms with E-state index in [1.165, 1.54) is 0 Å². The lowest BCUT2D eigenvalue weighted by Crippen LogP contribution is -2.36. The second kappa shape index (κ2) is 6.91. The fourth-order valence-electron chi connectivity index (χ4n) is 2.14. The van der Waals surface area contributed by atoms with E-state index in [1.807, 2.05) is 19.1 Å². The van der Waals surface area contributed by atoms with Gasteiger partial charge in [-0.05, 0) is 24.6 Å². The molecule has 21 heavy (non-hydrogen) atoms. The molecule has 5 heteroatoms. The molecule has 1 unspecified atom stereocenters. The summed E-state index contributed by atoms with van der Waals surface area (Å²) in [5, 5.41) is 14.2. The summed E-state index contributed by atoms with van der Waals surface area (Å²) in [6.45, 7) is 2.35. The molecule has 0 aliphatic carbocycles. The Balaban J connectivity index is 2.11. The lowest BCUT2D eigenvalue weighted by Gasteiger charge is -2.12. The van der Waals surface area contributed by atoms with Crippen LogP contribution in [-0.4, -0.2) is 36.1 Å². The summed E-state index contributed by atoms with van der Waals surface area (Å²) in [6.07, 6.45) is 0.728. The Hall–Kier alpha value is -2.32. The first-order valence-corrected chi connectivity index (χ1v) is 6.88. The molecule has 0 bridgehead atoms. The van der Waals surface area contributed by atoms with Crippen molar-refractivity contribution in [3.8, 4) is 11.8 Å². The summed E-state index contributed by atoms with van der Waals surface area (Å²) in [6, 6.07) is 5.26. The average molecular weight is 286 g/mol. The number of hydrogen-bond donors (Lipinski definition) is 3. The third-order valence-electron chi connectivity index (χ3n) is 3.26. The van der Waals surface area contributed by atoms with Gasteiger partial charge in [0.2, 0.25) is 5.91 Å². The summed E-state index contributed by atoms with van der Waals surface area (Å²) in [5.74, 6) is 5.51. The number of benzene rings is 1. The van der Waals surface area contributed by atoms with Crippen LogP contribution in [0.4, 0.5) is 0 Å². The fourth-order valence-corrected chi connectivity index (χ4v) is 2.14. The molecule has 3 N–H and O–H groups in total. The Morgan fingerprint density at radius 1 is 1.52 bits per heavy atom. The Kier molecular flexibility index (Phi) is 4.96. The molecule has 1 aromatic carbocycles. The zero-order valence-electron chi connectivity index (χ0n) is 11.9. The van der Waals surface area contributed by atoms with Crippen LogP contribution in [0.5, 0.6) is 0 Å². The minimum Gasteiger partial charge on any atom is -0.395 e. The van der Waals surface area contributed by atoms with E-state index >= 15 is 0 Å². The Morgan fingerprint density at radius 3 is 3.00 bits per heavy atom. The van der Waals surface area contributed by atoms with Crippen LogP contribution in [0.2, 0.25) is 0 Å². The first kappa shape index (κ1) is 15.1. The van der Waals surface area contributed by atoms with Gasteiger partial charge in [-0.2, -0.15) is 0 Å². The molecule has 1 atom stereocenters. The van der Waals surface area contributed by atoms with E-state index in [0.29, 0.717) is 24.9 Å². The van der Waals surface area contributed by atoms with E-state index in [1.54, 1.807) is 6.07 Å². The summed E-state index contributed by atoms with van der Waals surface area (Å²) in [4.78, 5) is 23.4. The van der Waals surface area contributed by atoms with E-state index in [2.05, 4.69) is 22.5 Å². The zero-order valence-corrected chi connectivity index (χ0v) is 11.9. The largest absolute Gasteiger partial charge is 0.395 e. The van der Waals surface area contributed by atoms with Crippen molar-refractivity contribution in [3.63, 3.8) is 0 Å². The standard InChI is InChI=1S/C16H18N2O3/c1-11-5-6-12(4-2-3-7-19)8-14(11)16(21)18-13-9-15(20)17-10-13/h5-6,8,13,19H,3,7,9-10H2,1H3,(H,17,20)(H,18,21). The predicted octanol–water partition coefficient (Wildman–Crippen LogP) is 0.347. The van der Waals surface area contributed by atoms with Crippen LogP contribution in [0, 0.1) is 18.8 Å². The molecule has 0 spiro atoms. The van der Waals surface area contributed by atoms with Crippen LogP contribution in [0.25, 0.3) is 0 Å². The molecule has 1 saturated heterocycles. The second-order valence-electron chi connectivity index (χ2n) is 4.98. The number of amides is 2. The number of aliphatic hydroxyl groups is 1. The number of nitrogens with one attached hydrogen (secondary N) is 2. The van der Waals surface area contributed by atoms with Gasteiger partial charge in [0.25, 0.3) is 5.91 Å². The lowest BCUT2D eigenvalue weighted by molar-refractivity contribution is -0.119. The maximum Gasteiger partial charge on any atom is 0.251 e. The highest BCUT2D eigenvalue weighted by molar-refractivity contribution is 5.96. The van der Waals surface area contributed by atoms with Crippen molar-refractivity contribution < 1.29 is 14.7 Å². The maximum absolute atomic E-state index is 12.3. The second-order valence-corrected chi connectivity index (χ2v) is 4.98. The van der Waals surface area contributed by atoms with Crippen LogP contribution < -0.4 is 10.6 Å². The topological polar surface area (TPSA) is 78.4 Å². The van der Waals surface area contributed by atoms with Crippen molar-refractivity contribution in [2.24, 2.45) is 0 Å². The van der Waals surface area contributed by atoms with Gasteiger partial charge >= 0.3 is 0 Å². The van der Waals surface area contributed by atoms with Gasteiger partial charge in [-0.1, -0.05) is 17.9 Å². The van der Waals surface area contributed by atoms with Gasteiger partial charge in [-0.15, -0.1) is 0 Å². The minimum atomic E-state index is -0.195. The molecule has 1 aliphatic heterocycles. The van der Waals surface area contributed by atoms with E-state index < -0.39 is 0 Å². The van der Waals surface area contributed by atoms with E-state index in [9.17, 15) is 9.59 Å². The quantitative estimate of drug-likeness (QED) is 0.702. The van der Waals surface area contributed by atoms with Gasteiger partial charge in [-0.3, -0.25) is 9.59 Å². The number of aryl methyl sites for hydroxylation is 1. The maximum atomic E-state index is 12.3. The molecule has 2 rings (SSSR count). The van der Waals surface area contributed by atoms with Crippen LogP contribution in [0.1, 0.15) is 34.3 Å². The van der Waals surface area contributed by atoms with Crippen molar-refractivity contribution in [2.75, 3.05) is 13.2 Å². The van der Waals surface area contributed by atoms with Crippen molar-refractivity contribution in [3.05, 3.63) is 34.9 Å². The highest BCUT2D eigenvalue weighted by Gasteiger charge is 2.23. The molecule has 1 aromatic rings. The van der Waals surface area contributed by atoms with E-state index in [-0.39, 0.29) is 24.5 Å². The summed E-state index contributed by atoms with van der Waals surface area (Å²) in [5.41, 5.74) is 2.16. The fraction of sp³-hybridized carbons (Fsp3) is 0.375. The highest BCUT2D eigenvalue weighted by atomic mass is 16.2. The third-order valence-corrected chi connectivity index (χ3v) is 3.26. The van der Waals surface area contributed by atoms with Gasteiger partial charge in [0.15, 0.2) is 0 Å². The van der Waals surface area contributed by atoms with Crippen molar-refractivity contribution in [1.29, 1.82) is 0 Å². The summed E-state index contributed by atoms with van der Waals surface area (Å²) in [7, 11) is 0. The normalized spacial score (nSPS) is 16.9. The van der Waals surface area contributed by atoms with Gasteiger partial charge in [0.1, 0.15) is 0 Å². The van der Waals surface area contributed by atoms with Gasteiger partial charge in [0, 0.05) is 30.5 Å². The SMILES string of the molecule is Cc1ccc(C#CCCO)cc1C(=O)NC1CNC(=O)C1. The third kappa shape index (κ3) is 4.07. The van der Waals surface area contributed by atoms with Crippen molar-refractivity contribution in [2.45, 2.75) is 25.8 Å². The Morgan fingerprint density at radius 2 is 2.33 bits per heavy atom. The number of carbonyl (C=O) groups excluding carboxylic acids is 2. The van der Waals surface area contributed by atoms with Gasteiger partial charge in [0.05, 0.1) is 12.6 Å².